The highest BCUT2D eigenvalue weighted by atomic mass is 35.5. The van der Waals surface area contributed by atoms with Crippen LogP contribution in [-0.2, 0) is 23.8 Å². The summed E-state index contributed by atoms with van der Waals surface area (Å²) in [4.78, 5) is 70.1. The largest absolute Gasteiger partial charge is 0.444 e. The monoisotopic (exact) mass is 900 g/mol. The van der Waals surface area contributed by atoms with E-state index in [2.05, 4.69) is 5.32 Å². The van der Waals surface area contributed by atoms with Gasteiger partial charge in [-0.3, -0.25) is 19.4 Å². The molecule has 0 aromatic heterocycles. The second kappa shape index (κ2) is 21.9. The summed E-state index contributed by atoms with van der Waals surface area (Å²) in [7, 11) is 0. The van der Waals surface area contributed by atoms with E-state index >= 15 is 0 Å². The van der Waals surface area contributed by atoms with Gasteiger partial charge in [0.2, 0.25) is 11.8 Å². The van der Waals surface area contributed by atoms with Crippen molar-refractivity contribution < 1.29 is 47.0 Å². The molecule has 21 heteroatoms. The van der Waals surface area contributed by atoms with Crippen molar-refractivity contribution in [2.24, 2.45) is 5.73 Å². The van der Waals surface area contributed by atoms with Crippen molar-refractivity contribution in [2.45, 2.75) is 38.6 Å². The predicted octanol–water partition coefficient (Wildman–Crippen LogP) is 4.23. The molecule has 332 valence electrons. The van der Waals surface area contributed by atoms with Crippen LogP contribution in [0.1, 0.15) is 20.8 Å². The maximum absolute atomic E-state index is 14.9. The second-order valence-electron chi connectivity index (χ2n) is 15.2. The molecule has 4 aliphatic heterocycles. The highest BCUT2D eigenvalue weighted by molar-refractivity contribution is 7.99. The Labute approximate surface area is 364 Å². The smallest absolute Gasteiger partial charge is 0.414 e. The third kappa shape index (κ3) is 12.8. The number of ether oxygens (including phenoxy) is 3. The van der Waals surface area contributed by atoms with Crippen molar-refractivity contribution in [1.29, 1.82) is 0 Å². The van der Waals surface area contributed by atoms with Crippen molar-refractivity contribution >= 4 is 88.8 Å². The Kier molecular flexibility index (Phi) is 17.6. The molecule has 6 rings (SSSR count). The number of piperazine rings is 2. The number of carbonyl (C=O) groups is 5. The van der Waals surface area contributed by atoms with Gasteiger partial charge >= 0.3 is 18.3 Å². The number of anilines is 4. The summed E-state index contributed by atoms with van der Waals surface area (Å²) in [6.07, 6.45) is 1.16. The summed E-state index contributed by atoms with van der Waals surface area (Å²) in [5, 5.41) is 2.58. The lowest BCUT2D eigenvalue weighted by molar-refractivity contribution is -0.129. The molecule has 0 aliphatic carbocycles. The summed E-state index contributed by atoms with van der Waals surface area (Å²) in [6, 6.07) is 9.36. The zero-order valence-corrected chi connectivity index (χ0v) is 37.0. The molecular weight excluding hydrogens is 846 g/mol. The number of hydrogen-bond donors (Lipinski definition) is 2. The van der Waals surface area contributed by atoms with Crippen molar-refractivity contribution in [2.75, 3.05) is 122 Å². The summed E-state index contributed by atoms with van der Waals surface area (Å²) < 4.78 is 45.1. The van der Waals surface area contributed by atoms with Crippen LogP contribution in [0.4, 0.5) is 45.9 Å². The van der Waals surface area contributed by atoms with Gasteiger partial charge in [-0.15, -0.1) is 12.4 Å². The van der Waals surface area contributed by atoms with Crippen molar-refractivity contribution in [3.05, 3.63) is 48.0 Å². The van der Waals surface area contributed by atoms with E-state index in [1.54, 1.807) is 49.9 Å². The van der Waals surface area contributed by atoms with E-state index in [-0.39, 0.29) is 50.0 Å². The lowest BCUT2D eigenvalue weighted by Gasteiger charge is -2.36. The average Bonchev–Trinajstić information content (AvgIpc) is 3.78. The lowest BCUT2D eigenvalue weighted by atomic mass is 10.2. The van der Waals surface area contributed by atoms with Gasteiger partial charge in [0.25, 0.3) is 0 Å². The van der Waals surface area contributed by atoms with Crippen molar-refractivity contribution in [3.63, 3.8) is 0 Å². The molecule has 4 aliphatic rings. The minimum Gasteiger partial charge on any atom is -0.444 e. The van der Waals surface area contributed by atoms with E-state index < -0.39 is 41.6 Å². The molecule has 2 aromatic carbocycles. The first kappa shape index (κ1) is 48.3. The number of benzene rings is 2. The Morgan fingerprint density at radius 1 is 0.750 bits per heavy atom. The number of carbonyl (C=O) groups excluding carboxylic acids is 5. The van der Waals surface area contributed by atoms with Crippen LogP contribution in [0.15, 0.2) is 36.4 Å². The van der Waals surface area contributed by atoms with E-state index in [0.717, 1.165) is 0 Å². The SMILES string of the molecule is CSCC(=O)N1CCN(c2ccc(N3C[C@H](CN)OC3=O)cc2F)CC1.CSCC(=O)N1CCN(c2ccc(N3C[C@H](CNC(=O)OC(C)(C)C)OC3=O)cc2F)CC1.Cl. The molecule has 4 fully saturated rings. The van der Waals surface area contributed by atoms with Gasteiger partial charge in [0.1, 0.15) is 29.4 Å². The minimum absolute atomic E-state index is 0. The molecule has 2 aromatic rings. The summed E-state index contributed by atoms with van der Waals surface area (Å²) in [5.74, 6) is 0.299. The second-order valence-corrected chi connectivity index (χ2v) is 17.0. The van der Waals surface area contributed by atoms with E-state index in [0.29, 0.717) is 93.2 Å². The molecule has 4 saturated heterocycles. The molecule has 0 spiro atoms. The number of rotatable bonds is 11. The first-order chi connectivity index (χ1) is 28.1. The molecular formula is C39H55ClF2N8O8S2. The summed E-state index contributed by atoms with van der Waals surface area (Å²) in [6.45, 7) is 10.6. The minimum atomic E-state index is -0.626. The van der Waals surface area contributed by atoms with Crippen LogP contribution in [0.25, 0.3) is 0 Å². The van der Waals surface area contributed by atoms with Crippen LogP contribution in [0, 0.1) is 11.6 Å². The number of halogens is 3. The number of hydrogen-bond acceptors (Lipinski definition) is 13. The number of alkyl carbamates (subject to hydrolysis) is 1. The topological polar surface area (TPSA) is 171 Å². The number of amides is 5. The maximum Gasteiger partial charge on any atom is 0.414 e. The zero-order chi connectivity index (χ0) is 42.9. The van der Waals surface area contributed by atoms with Gasteiger partial charge in [0.15, 0.2) is 0 Å². The van der Waals surface area contributed by atoms with E-state index in [1.807, 2.05) is 27.2 Å². The van der Waals surface area contributed by atoms with Gasteiger partial charge in [0, 0.05) is 58.9 Å². The number of nitrogens with two attached hydrogens (primary N) is 1. The van der Waals surface area contributed by atoms with Crippen molar-refractivity contribution in [3.8, 4) is 0 Å². The molecule has 4 heterocycles. The number of nitrogens with one attached hydrogen (secondary N) is 1. The van der Waals surface area contributed by atoms with Gasteiger partial charge in [-0.1, -0.05) is 0 Å². The van der Waals surface area contributed by atoms with Gasteiger partial charge in [-0.05, 0) is 69.7 Å². The van der Waals surface area contributed by atoms with E-state index in [9.17, 15) is 32.8 Å². The Morgan fingerprint density at radius 2 is 1.17 bits per heavy atom. The summed E-state index contributed by atoms with van der Waals surface area (Å²) >= 11 is 2.99. The number of thioether (sulfide) groups is 2. The molecule has 0 radical (unpaired) electrons. The van der Waals surface area contributed by atoms with E-state index in [1.165, 1.54) is 45.5 Å². The van der Waals surface area contributed by atoms with E-state index in [4.69, 9.17) is 19.9 Å². The average molecular weight is 901 g/mol. The van der Waals surface area contributed by atoms with Gasteiger partial charge in [-0.2, -0.15) is 23.5 Å². The number of nitrogens with zero attached hydrogens (tertiary/aromatic N) is 6. The fraction of sp³-hybridized carbons (Fsp3) is 0.564. The van der Waals surface area contributed by atoms with Crippen LogP contribution in [0.3, 0.4) is 0 Å². The Morgan fingerprint density at radius 3 is 1.53 bits per heavy atom. The quantitative estimate of drug-likeness (QED) is 0.308. The Hall–Kier alpha value is -4.40. The fourth-order valence-electron chi connectivity index (χ4n) is 6.87. The molecule has 3 N–H and O–H groups in total. The third-order valence-corrected chi connectivity index (χ3v) is 10.9. The van der Waals surface area contributed by atoms with Crippen molar-refractivity contribution in [1.82, 2.24) is 15.1 Å². The summed E-state index contributed by atoms with van der Waals surface area (Å²) in [5.41, 5.74) is 6.66. The molecule has 0 saturated carbocycles. The van der Waals surface area contributed by atoms with Crippen LogP contribution in [0.2, 0.25) is 0 Å². The van der Waals surface area contributed by atoms with Crippen LogP contribution in [-0.4, -0.2) is 160 Å². The molecule has 2 atom stereocenters. The molecule has 5 amide bonds. The van der Waals surface area contributed by atoms with Gasteiger partial charge < -0.3 is 44.9 Å². The molecule has 60 heavy (non-hydrogen) atoms. The van der Waals surface area contributed by atoms with Crippen LogP contribution < -0.4 is 30.7 Å². The first-order valence-corrected chi connectivity index (χ1v) is 22.1. The zero-order valence-electron chi connectivity index (χ0n) is 34.5. The first-order valence-electron chi connectivity index (χ1n) is 19.4. The normalized spacial score (nSPS) is 19.3. The third-order valence-electron chi connectivity index (χ3n) is 9.85. The van der Waals surface area contributed by atoms with Gasteiger partial charge in [-0.25, -0.2) is 23.2 Å². The predicted molar refractivity (Wildman–Crippen MR) is 233 cm³/mol. The van der Waals surface area contributed by atoms with Gasteiger partial charge in [0.05, 0.1) is 53.9 Å². The Bertz CT molecular complexity index is 1830. The maximum atomic E-state index is 14.9. The van der Waals surface area contributed by atoms with Crippen LogP contribution in [0.5, 0.6) is 0 Å². The Balaban J connectivity index is 0.000000267. The fourth-order valence-corrected chi connectivity index (χ4v) is 7.73. The molecule has 0 unspecified atom stereocenters. The van der Waals surface area contributed by atoms with Crippen LogP contribution >= 0.6 is 35.9 Å². The lowest BCUT2D eigenvalue weighted by Crippen LogP contribution is -2.49. The molecule has 16 nitrogen and oxygen atoms in total. The molecule has 0 bridgehead atoms. The number of cyclic esters (lactones) is 2. The standard InChI is InChI=1S/C22H31FN4O5S.C17H23FN4O3S.ClH/c1-22(2,3)32-20(29)24-12-16-13-27(21(30)31-16)15-5-6-18(17(23)11-15)25-7-9-26(10-8-25)19(28)14-33-4;1-26-11-16(23)21-6-4-20(5-7-21)15-3-2-12(8-14(15)18)22-10-13(9-19)25-17(22)24;/h5-6,11,16H,7-10,12-14H2,1-4H3,(H,24,29);2-3,8,13H,4-7,9-11,19H2,1H3;1H/t16-;13-;/m00./s1. The highest BCUT2D eigenvalue weighted by Gasteiger charge is 2.35. The highest BCUT2D eigenvalue weighted by Crippen LogP contribution is 2.30.